The molecule has 0 aromatic rings. The molecule has 1 saturated carbocycles. The lowest BCUT2D eigenvalue weighted by atomic mass is 9.84. The van der Waals surface area contributed by atoms with Gasteiger partial charge in [0.1, 0.15) is 0 Å². The van der Waals surface area contributed by atoms with Gasteiger partial charge in [-0.25, -0.2) is 0 Å². The highest BCUT2D eigenvalue weighted by Crippen LogP contribution is 2.26. The smallest absolute Gasteiger partial charge is 0.221 e. The first kappa shape index (κ1) is 15.5. The van der Waals surface area contributed by atoms with Gasteiger partial charge in [0.2, 0.25) is 5.91 Å². The lowest BCUT2D eigenvalue weighted by molar-refractivity contribution is -0.122. The first-order valence-corrected chi connectivity index (χ1v) is 7.45. The molecule has 0 aromatic carbocycles. The van der Waals surface area contributed by atoms with Crippen LogP contribution in [0, 0.1) is 5.92 Å². The molecule has 0 radical (unpaired) electrons. The van der Waals surface area contributed by atoms with Gasteiger partial charge in [0.25, 0.3) is 0 Å². The maximum Gasteiger partial charge on any atom is 0.221 e. The lowest BCUT2D eigenvalue weighted by Gasteiger charge is -2.29. The average Bonchev–Trinajstić information content (AvgIpc) is 2.27. The van der Waals surface area contributed by atoms with E-state index in [4.69, 9.17) is 0 Å². The Balaban J connectivity index is 2.19. The first-order valence-electron chi connectivity index (χ1n) is 7.45. The second kappa shape index (κ2) is 7.13. The number of carbonyl (C=O) groups is 1. The predicted molar refractivity (Wildman–Crippen MR) is 76.6 cm³/mol. The zero-order valence-electron chi connectivity index (χ0n) is 12.5. The van der Waals surface area contributed by atoms with Crippen molar-refractivity contribution >= 4 is 5.91 Å². The third-order valence-corrected chi connectivity index (χ3v) is 3.73. The Labute approximate surface area is 112 Å². The van der Waals surface area contributed by atoms with Gasteiger partial charge in [-0.1, -0.05) is 26.2 Å². The fraction of sp³-hybridized carbons (Fsp3) is 0.933. The summed E-state index contributed by atoms with van der Waals surface area (Å²) in [6, 6.07) is 0.422. The number of amides is 1. The largest absolute Gasteiger partial charge is 0.353 e. The molecule has 1 amide bonds. The third-order valence-electron chi connectivity index (χ3n) is 3.73. The fourth-order valence-corrected chi connectivity index (χ4v) is 2.64. The molecular weight excluding hydrogens is 224 g/mol. The minimum atomic E-state index is 0.0957. The zero-order valence-corrected chi connectivity index (χ0v) is 12.5. The average molecular weight is 254 g/mol. The Morgan fingerprint density at radius 2 is 2.00 bits per heavy atom. The third kappa shape index (κ3) is 6.39. The van der Waals surface area contributed by atoms with Crippen LogP contribution in [0.4, 0.5) is 0 Å². The Hall–Kier alpha value is -0.570. The monoisotopic (exact) mass is 254 g/mol. The van der Waals surface area contributed by atoms with E-state index in [1.807, 2.05) is 0 Å². The number of nitrogens with one attached hydrogen (secondary N) is 2. The summed E-state index contributed by atoms with van der Waals surface area (Å²) in [4.78, 5) is 11.8. The number of hydrogen-bond donors (Lipinski definition) is 2. The molecule has 1 fully saturated rings. The first-order chi connectivity index (χ1) is 8.40. The number of rotatable bonds is 5. The Bertz CT molecular complexity index is 258. The molecule has 0 aromatic heterocycles. The van der Waals surface area contributed by atoms with Crippen LogP contribution < -0.4 is 10.6 Å². The summed E-state index contributed by atoms with van der Waals surface area (Å²) in [5.41, 5.74) is 0.0957. The van der Waals surface area contributed by atoms with Crippen molar-refractivity contribution in [3.05, 3.63) is 0 Å². The van der Waals surface area contributed by atoms with E-state index in [9.17, 15) is 4.79 Å². The van der Waals surface area contributed by atoms with Gasteiger partial charge in [-0.05, 0) is 39.5 Å². The molecule has 1 aliphatic rings. The van der Waals surface area contributed by atoms with Crippen LogP contribution >= 0.6 is 0 Å². The van der Waals surface area contributed by atoms with E-state index in [1.54, 1.807) is 0 Å². The van der Waals surface area contributed by atoms with Crippen LogP contribution in [-0.2, 0) is 4.79 Å². The van der Waals surface area contributed by atoms with Gasteiger partial charge in [0, 0.05) is 24.5 Å². The van der Waals surface area contributed by atoms with Gasteiger partial charge in [0.15, 0.2) is 0 Å². The molecule has 2 atom stereocenters. The number of carbonyl (C=O) groups excluding carboxylic acids is 1. The van der Waals surface area contributed by atoms with Crippen molar-refractivity contribution in [1.29, 1.82) is 0 Å². The van der Waals surface area contributed by atoms with E-state index >= 15 is 0 Å². The second-order valence-electron chi connectivity index (χ2n) is 6.63. The van der Waals surface area contributed by atoms with Crippen LogP contribution in [0.3, 0.4) is 0 Å². The second-order valence-corrected chi connectivity index (χ2v) is 6.63. The zero-order chi connectivity index (χ0) is 13.6. The van der Waals surface area contributed by atoms with E-state index in [-0.39, 0.29) is 11.4 Å². The molecule has 0 bridgehead atoms. The van der Waals surface area contributed by atoms with Crippen LogP contribution in [0.15, 0.2) is 0 Å². The van der Waals surface area contributed by atoms with Crippen LogP contribution in [0.25, 0.3) is 0 Å². The highest BCUT2D eigenvalue weighted by Gasteiger charge is 2.21. The van der Waals surface area contributed by atoms with Gasteiger partial charge in [-0.3, -0.25) is 4.79 Å². The van der Waals surface area contributed by atoms with Crippen molar-refractivity contribution in [1.82, 2.24) is 10.6 Å². The minimum Gasteiger partial charge on any atom is -0.353 e. The van der Waals surface area contributed by atoms with E-state index in [1.165, 1.54) is 25.7 Å². The van der Waals surface area contributed by atoms with Gasteiger partial charge in [-0.2, -0.15) is 0 Å². The van der Waals surface area contributed by atoms with Crippen molar-refractivity contribution in [2.75, 3.05) is 6.54 Å². The SMILES string of the molecule is CCC1CCCC(NC(=O)CCNC(C)(C)C)C1. The molecule has 3 nitrogen and oxygen atoms in total. The van der Waals surface area contributed by atoms with E-state index in [0.717, 1.165) is 18.9 Å². The Morgan fingerprint density at radius 1 is 1.28 bits per heavy atom. The van der Waals surface area contributed by atoms with E-state index < -0.39 is 0 Å². The summed E-state index contributed by atoms with van der Waals surface area (Å²) in [5.74, 6) is 1.02. The van der Waals surface area contributed by atoms with Crippen molar-refractivity contribution in [3.63, 3.8) is 0 Å². The van der Waals surface area contributed by atoms with Crippen LogP contribution in [-0.4, -0.2) is 24.0 Å². The molecule has 1 rings (SSSR count). The molecule has 3 heteroatoms. The molecule has 2 unspecified atom stereocenters. The van der Waals surface area contributed by atoms with Crippen molar-refractivity contribution < 1.29 is 4.79 Å². The maximum absolute atomic E-state index is 11.8. The molecule has 0 spiro atoms. The normalized spacial score (nSPS) is 24.9. The summed E-state index contributed by atoms with van der Waals surface area (Å²) in [6.07, 6.45) is 6.78. The lowest BCUT2D eigenvalue weighted by Crippen LogP contribution is -2.42. The molecule has 0 heterocycles. The van der Waals surface area contributed by atoms with E-state index in [2.05, 4.69) is 38.3 Å². The summed E-state index contributed by atoms with van der Waals surface area (Å²) in [6.45, 7) is 9.38. The van der Waals surface area contributed by atoms with Gasteiger partial charge >= 0.3 is 0 Å². The highest BCUT2D eigenvalue weighted by molar-refractivity contribution is 5.76. The molecule has 18 heavy (non-hydrogen) atoms. The molecule has 106 valence electrons. The van der Waals surface area contributed by atoms with Crippen LogP contribution in [0.2, 0.25) is 0 Å². The molecular formula is C15H30N2O. The van der Waals surface area contributed by atoms with Gasteiger partial charge in [-0.15, -0.1) is 0 Å². The molecule has 1 aliphatic carbocycles. The van der Waals surface area contributed by atoms with E-state index in [0.29, 0.717) is 12.5 Å². The summed E-state index contributed by atoms with van der Waals surface area (Å²) in [5, 5.41) is 6.54. The van der Waals surface area contributed by atoms with Gasteiger partial charge < -0.3 is 10.6 Å². The Morgan fingerprint density at radius 3 is 2.61 bits per heavy atom. The summed E-state index contributed by atoms with van der Waals surface area (Å²) in [7, 11) is 0. The summed E-state index contributed by atoms with van der Waals surface area (Å²) >= 11 is 0. The van der Waals surface area contributed by atoms with Crippen molar-refractivity contribution in [2.45, 2.75) is 77.8 Å². The topological polar surface area (TPSA) is 41.1 Å². The van der Waals surface area contributed by atoms with Crippen LogP contribution in [0.5, 0.6) is 0 Å². The quantitative estimate of drug-likeness (QED) is 0.792. The predicted octanol–water partition coefficient (Wildman–Crippen LogP) is 2.85. The molecule has 0 aliphatic heterocycles. The minimum absolute atomic E-state index is 0.0957. The van der Waals surface area contributed by atoms with Crippen LogP contribution in [0.1, 0.15) is 66.2 Å². The summed E-state index contributed by atoms with van der Waals surface area (Å²) < 4.78 is 0. The fourth-order valence-electron chi connectivity index (χ4n) is 2.64. The van der Waals surface area contributed by atoms with Gasteiger partial charge in [0.05, 0.1) is 0 Å². The number of hydrogen-bond acceptors (Lipinski definition) is 2. The van der Waals surface area contributed by atoms with Crippen molar-refractivity contribution in [3.8, 4) is 0 Å². The standard InChI is InChI=1S/C15H30N2O/c1-5-12-7-6-8-13(11-12)17-14(18)9-10-16-15(2,3)4/h12-13,16H,5-11H2,1-4H3,(H,17,18). The maximum atomic E-state index is 11.8. The molecule has 2 N–H and O–H groups in total. The molecule has 0 saturated heterocycles. The van der Waals surface area contributed by atoms with Crippen molar-refractivity contribution in [2.24, 2.45) is 5.92 Å². The Kier molecular flexibility index (Phi) is 6.13. The highest BCUT2D eigenvalue weighted by atomic mass is 16.1.